The van der Waals surface area contributed by atoms with Crippen molar-refractivity contribution >= 4 is 34.8 Å². The number of hydrogen-bond donors (Lipinski definition) is 7. The number of Topliss-reactive ketones (excluding diaryl/α,β-unsaturated/α-hetero) is 2. The summed E-state index contributed by atoms with van der Waals surface area (Å²) < 4.78 is 0. The summed E-state index contributed by atoms with van der Waals surface area (Å²) >= 11 is 0. The van der Waals surface area contributed by atoms with Gasteiger partial charge < -0.3 is 37.8 Å². The number of nitrogens with two attached hydrogens (primary N) is 3. The van der Waals surface area contributed by atoms with Crippen molar-refractivity contribution in [3.05, 3.63) is 75.6 Å². The number of nitrogens with one attached hydrogen (secondary N) is 1. The number of carbonyl (C=O) groups excluding carboxylic acids is 4. The highest BCUT2D eigenvalue weighted by molar-refractivity contribution is 6.25. The molecule has 0 aliphatic heterocycles. The maximum absolute atomic E-state index is 14.4. The normalized spacial score (nSPS) is 27.1. The first-order chi connectivity index (χ1) is 21.0. The lowest BCUT2D eigenvalue weighted by Gasteiger charge is -2.58. The molecule has 0 spiro atoms. The second-order valence-corrected chi connectivity index (χ2v) is 11.8. The molecule has 0 heterocycles. The molecule has 0 bridgehead atoms. The average Bonchev–Trinajstić information content (AvgIpc) is 2.92. The molecule has 0 unspecified atom stereocenters. The van der Waals surface area contributed by atoms with Gasteiger partial charge in [-0.2, -0.15) is 5.26 Å². The van der Waals surface area contributed by atoms with Crippen LogP contribution in [0.15, 0.2) is 53.3 Å². The third kappa shape index (κ3) is 4.29. The highest BCUT2D eigenvalue weighted by Crippen LogP contribution is 2.58. The molecule has 4 atom stereocenters. The van der Waals surface area contributed by atoms with Gasteiger partial charge in [-0.25, -0.2) is 0 Å². The Bertz CT molecular complexity index is 1890. The second-order valence-electron chi connectivity index (χ2n) is 11.8. The Morgan fingerprint density at radius 2 is 1.69 bits per heavy atom. The molecule has 0 aromatic heterocycles. The SMILES string of the molecule is CC(=O)Nc1ccc(C#Cc2ccc(O)c3c2C[C@@]2(N)C[C@@]4(N)[C@H](N(C)C)C(=O)C(C(N)=O)=C(O)[C@@]4(C#N)C(=O)C2=C3O)cc1. The number of nitriles is 1. The predicted molar refractivity (Wildman–Crippen MR) is 161 cm³/mol. The number of carbonyl (C=O) groups is 4. The fourth-order valence-electron chi connectivity index (χ4n) is 6.93. The lowest BCUT2D eigenvalue weighted by molar-refractivity contribution is -0.139. The number of primary amides is 1. The molecule has 230 valence electrons. The van der Waals surface area contributed by atoms with Crippen molar-refractivity contribution in [1.29, 1.82) is 5.26 Å². The summed E-state index contributed by atoms with van der Waals surface area (Å²) in [5.74, 6) is -0.206. The maximum Gasteiger partial charge on any atom is 0.255 e. The smallest absolute Gasteiger partial charge is 0.255 e. The van der Waals surface area contributed by atoms with E-state index >= 15 is 0 Å². The Kier molecular flexibility index (Phi) is 7.10. The molecular weight excluding hydrogens is 580 g/mol. The van der Waals surface area contributed by atoms with E-state index in [1.54, 1.807) is 30.3 Å². The fourth-order valence-corrected chi connectivity index (χ4v) is 6.93. The molecule has 5 rings (SSSR count). The van der Waals surface area contributed by atoms with Crippen LogP contribution in [-0.4, -0.2) is 74.8 Å². The lowest BCUT2D eigenvalue weighted by atomic mass is 9.47. The number of hydrogen-bond acceptors (Lipinski definition) is 11. The van der Waals surface area contributed by atoms with Gasteiger partial charge in [0.15, 0.2) is 17.0 Å². The third-order valence-electron chi connectivity index (χ3n) is 8.68. The molecule has 1 fully saturated rings. The standard InChI is InChI=1S/C32H30N6O7/c1-15(39)37-18-9-5-16(6-10-18)4-7-17-8-11-20(40)21-19(17)12-30(35)13-32(36)26(38(2)3)25(42)22(29(34)45)27(43)31(32,14-33)28(44)23(30)24(21)41/h5-6,8-11,26,40-41,43H,12-13,35-36H2,1-3H3,(H2,34,45)(H,37,39)/t26-,30-,31+,32-/m1/s1. The van der Waals surface area contributed by atoms with Crippen molar-refractivity contribution in [3.8, 4) is 23.7 Å². The van der Waals surface area contributed by atoms with Crippen molar-refractivity contribution in [2.45, 2.75) is 36.9 Å². The van der Waals surface area contributed by atoms with E-state index < -0.39 is 74.8 Å². The van der Waals surface area contributed by atoms with E-state index in [1.165, 1.54) is 38.1 Å². The van der Waals surface area contributed by atoms with E-state index in [0.29, 0.717) is 16.8 Å². The van der Waals surface area contributed by atoms with Crippen LogP contribution in [0.3, 0.4) is 0 Å². The van der Waals surface area contributed by atoms with Gasteiger partial charge in [-0.3, -0.25) is 24.1 Å². The first kappa shape index (κ1) is 31.0. The van der Waals surface area contributed by atoms with Crippen molar-refractivity contribution in [3.63, 3.8) is 0 Å². The predicted octanol–water partition coefficient (Wildman–Crippen LogP) is 0.264. The maximum atomic E-state index is 14.4. The topological polar surface area (TPSA) is 246 Å². The molecule has 13 nitrogen and oxygen atoms in total. The molecule has 13 heteroatoms. The number of benzene rings is 2. The van der Waals surface area contributed by atoms with Gasteiger partial charge in [0, 0.05) is 23.7 Å². The van der Waals surface area contributed by atoms with Gasteiger partial charge in [-0.05, 0) is 68.9 Å². The van der Waals surface area contributed by atoms with Crippen LogP contribution in [0.1, 0.15) is 35.6 Å². The average molecular weight is 611 g/mol. The molecule has 2 amide bonds. The molecule has 0 radical (unpaired) electrons. The Hall–Kier alpha value is -5.47. The lowest BCUT2D eigenvalue weighted by Crippen LogP contribution is -2.80. The minimum atomic E-state index is -2.74. The van der Waals surface area contributed by atoms with Gasteiger partial charge in [0.2, 0.25) is 5.91 Å². The summed E-state index contributed by atoms with van der Waals surface area (Å²) in [5.41, 5.74) is 12.6. The zero-order valence-corrected chi connectivity index (χ0v) is 24.6. The molecule has 2 aromatic rings. The number of aliphatic hydroxyl groups excluding tert-OH is 2. The van der Waals surface area contributed by atoms with Crippen LogP contribution in [0, 0.1) is 28.6 Å². The van der Waals surface area contributed by atoms with E-state index in [0.717, 1.165) is 0 Å². The Morgan fingerprint density at radius 3 is 2.24 bits per heavy atom. The number of amides is 2. The molecule has 3 aliphatic rings. The number of aromatic hydroxyl groups is 1. The van der Waals surface area contributed by atoms with Gasteiger partial charge in [0.1, 0.15) is 22.8 Å². The van der Waals surface area contributed by atoms with Crippen LogP contribution in [0.2, 0.25) is 0 Å². The highest BCUT2D eigenvalue weighted by Gasteiger charge is 2.74. The Labute approximate surface area is 257 Å². The number of fused-ring (bicyclic) bond motifs is 3. The first-order valence-electron chi connectivity index (χ1n) is 13.7. The summed E-state index contributed by atoms with van der Waals surface area (Å²) in [6.45, 7) is 1.39. The van der Waals surface area contributed by atoms with Crippen LogP contribution in [0.5, 0.6) is 5.75 Å². The van der Waals surface area contributed by atoms with Crippen LogP contribution in [-0.2, 0) is 25.6 Å². The van der Waals surface area contributed by atoms with Gasteiger partial charge in [0.05, 0.1) is 34.3 Å². The third-order valence-corrected chi connectivity index (χ3v) is 8.68. The van der Waals surface area contributed by atoms with Crippen molar-refractivity contribution < 1.29 is 34.5 Å². The van der Waals surface area contributed by atoms with Crippen molar-refractivity contribution in [2.24, 2.45) is 22.6 Å². The van der Waals surface area contributed by atoms with E-state index in [9.17, 15) is 39.8 Å². The second kappa shape index (κ2) is 10.3. The molecule has 3 aliphatic carbocycles. The van der Waals surface area contributed by atoms with Gasteiger partial charge in [0.25, 0.3) is 5.91 Å². The highest BCUT2D eigenvalue weighted by atomic mass is 16.3. The van der Waals surface area contributed by atoms with E-state index in [2.05, 4.69) is 17.2 Å². The molecule has 0 saturated heterocycles. The zero-order valence-electron chi connectivity index (χ0n) is 24.6. The van der Waals surface area contributed by atoms with E-state index in [4.69, 9.17) is 17.2 Å². The molecule has 10 N–H and O–H groups in total. The summed E-state index contributed by atoms with van der Waals surface area (Å²) in [5, 5.41) is 46.8. The van der Waals surface area contributed by atoms with Crippen LogP contribution in [0.4, 0.5) is 5.69 Å². The Balaban J connectivity index is 1.72. The zero-order chi connectivity index (χ0) is 33.2. The van der Waals surface area contributed by atoms with Crippen molar-refractivity contribution in [2.75, 3.05) is 19.4 Å². The van der Waals surface area contributed by atoms with E-state index in [-0.39, 0.29) is 23.5 Å². The number of likely N-dealkylation sites (N-methyl/N-ethyl adjacent to an activating group) is 1. The van der Waals surface area contributed by atoms with Gasteiger partial charge in [-0.15, -0.1) is 0 Å². The number of anilines is 1. The number of phenolic OH excluding ortho intramolecular Hbond substituents is 1. The minimum Gasteiger partial charge on any atom is -0.509 e. The summed E-state index contributed by atoms with van der Waals surface area (Å²) in [7, 11) is 2.89. The Morgan fingerprint density at radius 1 is 1.04 bits per heavy atom. The minimum absolute atomic E-state index is 0.153. The molecule has 2 aromatic carbocycles. The van der Waals surface area contributed by atoms with Gasteiger partial charge >= 0.3 is 0 Å². The molecule has 45 heavy (non-hydrogen) atoms. The van der Waals surface area contributed by atoms with Crippen LogP contribution in [0.25, 0.3) is 5.76 Å². The fraction of sp³-hybridized carbons (Fsp3) is 0.281. The number of phenols is 1. The first-order valence-corrected chi connectivity index (χ1v) is 13.7. The number of rotatable bonds is 3. The summed E-state index contributed by atoms with van der Waals surface area (Å²) in [6, 6.07) is 9.74. The molecule has 1 saturated carbocycles. The van der Waals surface area contributed by atoms with Crippen LogP contribution < -0.4 is 22.5 Å². The number of nitrogens with zero attached hydrogens (tertiary/aromatic N) is 2. The molecular formula is C32H30N6O7. The number of ketones is 2. The van der Waals surface area contributed by atoms with E-state index in [1.807, 2.05) is 0 Å². The van der Waals surface area contributed by atoms with Gasteiger partial charge in [-0.1, -0.05) is 11.8 Å². The largest absolute Gasteiger partial charge is 0.509 e. The quantitative estimate of drug-likeness (QED) is 0.183. The summed E-state index contributed by atoms with van der Waals surface area (Å²) in [4.78, 5) is 52.9. The van der Waals surface area contributed by atoms with Crippen LogP contribution >= 0.6 is 0 Å². The van der Waals surface area contributed by atoms with Crippen molar-refractivity contribution in [1.82, 2.24) is 4.90 Å². The summed E-state index contributed by atoms with van der Waals surface area (Å²) in [6.07, 6.45) is -0.703. The monoisotopic (exact) mass is 610 g/mol. The number of aliphatic hydroxyl groups is 2.